The van der Waals surface area contributed by atoms with Crippen molar-refractivity contribution in [3.8, 4) is 0 Å². The molecule has 7 heteroatoms. The molecule has 0 saturated heterocycles. The van der Waals surface area contributed by atoms with Gasteiger partial charge in [0.05, 0.1) is 21.3 Å². The molecule has 0 heterocycles. The SMILES string of the molecule is CN(C)C[C@@H](NS(=O)(=O)C1CCCCC1)c1ccc(Cl)c(Cl)c1. The van der Waals surface area contributed by atoms with Crippen LogP contribution in [0.3, 0.4) is 0 Å². The van der Waals surface area contributed by atoms with Crippen molar-refractivity contribution in [2.24, 2.45) is 0 Å². The van der Waals surface area contributed by atoms with Gasteiger partial charge in [-0.25, -0.2) is 13.1 Å². The van der Waals surface area contributed by atoms with Crippen molar-refractivity contribution in [3.63, 3.8) is 0 Å². The molecule has 1 saturated carbocycles. The number of sulfonamides is 1. The van der Waals surface area contributed by atoms with Crippen LogP contribution >= 0.6 is 23.2 Å². The quantitative estimate of drug-likeness (QED) is 0.817. The van der Waals surface area contributed by atoms with Crippen LogP contribution in [0.1, 0.15) is 43.7 Å². The van der Waals surface area contributed by atoms with E-state index in [-0.39, 0.29) is 11.3 Å². The summed E-state index contributed by atoms with van der Waals surface area (Å²) in [5, 5.41) is 0.614. The predicted octanol–water partition coefficient (Wildman–Crippen LogP) is 3.85. The molecule has 0 amide bonds. The molecule has 2 rings (SSSR count). The Kier molecular flexibility index (Phi) is 6.75. The summed E-state index contributed by atoms with van der Waals surface area (Å²) in [6, 6.07) is 4.93. The van der Waals surface area contributed by atoms with E-state index < -0.39 is 10.0 Å². The molecule has 130 valence electrons. The highest BCUT2D eigenvalue weighted by Crippen LogP contribution is 2.28. The lowest BCUT2D eigenvalue weighted by atomic mass is 10.0. The minimum absolute atomic E-state index is 0.288. The molecule has 1 N–H and O–H groups in total. The van der Waals surface area contributed by atoms with Crippen molar-refractivity contribution in [2.75, 3.05) is 20.6 Å². The molecular formula is C16H24Cl2N2O2S. The third-order valence-electron chi connectivity index (χ3n) is 4.19. The van der Waals surface area contributed by atoms with Crippen molar-refractivity contribution in [1.82, 2.24) is 9.62 Å². The lowest BCUT2D eigenvalue weighted by molar-refractivity contribution is 0.361. The summed E-state index contributed by atoms with van der Waals surface area (Å²) in [5.41, 5.74) is 0.826. The zero-order valence-corrected chi connectivity index (χ0v) is 15.9. The number of rotatable bonds is 6. The van der Waals surface area contributed by atoms with E-state index in [1.807, 2.05) is 25.1 Å². The summed E-state index contributed by atoms with van der Waals surface area (Å²) in [5.74, 6) is 0. The van der Waals surface area contributed by atoms with Gasteiger partial charge in [-0.1, -0.05) is 48.5 Å². The largest absolute Gasteiger partial charge is 0.307 e. The Balaban J connectivity index is 2.22. The molecule has 1 aromatic carbocycles. The zero-order chi connectivity index (χ0) is 17.0. The van der Waals surface area contributed by atoms with Crippen LogP contribution < -0.4 is 4.72 Å². The molecule has 1 atom stereocenters. The van der Waals surface area contributed by atoms with Crippen molar-refractivity contribution < 1.29 is 8.42 Å². The summed E-state index contributed by atoms with van der Waals surface area (Å²) in [6.07, 6.45) is 4.57. The van der Waals surface area contributed by atoms with Gasteiger partial charge in [0, 0.05) is 6.54 Å². The van der Waals surface area contributed by atoms with Gasteiger partial charge in [0.1, 0.15) is 0 Å². The third-order valence-corrected chi connectivity index (χ3v) is 6.89. The van der Waals surface area contributed by atoms with Gasteiger partial charge in [-0.3, -0.25) is 0 Å². The second-order valence-electron chi connectivity index (χ2n) is 6.41. The number of likely N-dealkylation sites (N-methyl/N-ethyl adjacent to an activating group) is 1. The molecule has 1 aliphatic carbocycles. The highest BCUT2D eigenvalue weighted by atomic mass is 35.5. The average molecular weight is 379 g/mol. The Morgan fingerprint density at radius 2 is 1.83 bits per heavy atom. The van der Waals surface area contributed by atoms with Crippen LogP contribution in [0.2, 0.25) is 10.0 Å². The number of hydrogen-bond acceptors (Lipinski definition) is 3. The van der Waals surface area contributed by atoms with Crippen molar-refractivity contribution in [3.05, 3.63) is 33.8 Å². The van der Waals surface area contributed by atoms with Crippen LogP contribution in [-0.4, -0.2) is 39.2 Å². The van der Waals surface area contributed by atoms with Crippen molar-refractivity contribution in [1.29, 1.82) is 0 Å². The van der Waals surface area contributed by atoms with Gasteiger partial charge in [-0.15, -0.1) is 0 Å². The monoisotopic (exact) mass is 378 g/mol. The maximum atomic E-state index is 12.7. The van der Waals surface area contributed by atoms with E-state index in [9.17, 15) is 8.42 Å². The number of nitrogens with one attached hydrogen (secondary N) is 1. The lowest BCUT2D eigenvalue weighted by Crippen LogP contribution is -2.41. The number of halogens is 2. The van der Waals surface area contributed by atoms with Gasteiger partial charge in [0.2, 0.25) is 10.0 Å². The van der Waals surface area contributed by atoms with E-state index in [4.69, 9.17) is 23.2 Å². The van der Waals surface area contributed by atoms with Gasteiger partial charge in [0.15, 0.2) is 0 Å². The number of nitrogens with zero attached hydrogens (tertiary/aromatic N) is 1. The fourth-order valence-electron chi connectivity index (χ4n) is 2.97. The van der Waals surface area contributed by atoms with Gasteiger partial charge in [-0.05, 0) is 44.6 Å². The van der Waals surface area contributed by atoms with Crippen LogP contribution in [0.4, 0.5) is 0 Å². The van der Waals surface area contributed by atoms with Gasteiger partial charge in [0.25, 0.3) is 0 Å². The maximum Gasteiger partial charge on any atom is 0.215 e. The second kappa shape index (κ2) is 8.17. The fraction of sp³-hybridized carbons (Fsp3) is 0.625. The Labute approximate surface area is 149 Å². The Morgan fingerprint density at radius 1 is 1.17 bits per heavy atom. The molecule has 0 radical (unpaired) electrons. The normalized spacial score (nSPS) is 18.3. The molecule has 0 aromatic heterocycles. The third kappa shape index (κ3) is 5.33. The van der Waals surface area contributed by atoms with E-state index in [0.29, 0.717) is 16.6 Å². The van der Waals surface area contributed by atoms with Gasteiger partial charge >= 0.3 is 0 Å². The summed E-state index contributed by atoms with van der Waals surface area (Å²) >= 11 is 12.1. The van der Waals surface area contributed by atoms with E-state index in [0.717, 1.165) is 37.7 Å². The first-order valence-electron chi connectivity index (χ1n) is 7.90. The van der Waals surface area contributed by atoms with E-state index >= 15 is 0 Å². The van der Waals surface area contributed by atoms with Gasteiger partial charge < -0.3 is 4.90 Å². The molecular weight excluding hydrogens is 355 g/mol. The van der Waals surface area contributed by atoms with E-state index in [2.05, 4.69) is 4.72 Å². The van der Waals surface area contributed by atoms with E-state index in [1.54, 1.807) is 12.1 Å². The lowest BCUT2D eigenvalue weighted by Gasteiger charge is -2.27. The number of benzene rings is 1. The second-order valence-corrected chi connectivity index (χ2v) is 9.22. The van der Waals surface area contributed by atoms with Gasteiger partial charge in [-0.2, -0.15) is 0 Å². The summed E-state index contributed by atoms with van der Waals surface area (Å²) in [6.45, 7) is 0.559. The molecule has 4 nitrogen and oxygen atoms in total. The standard InChI is InChI=1S/C16H24Cl2N2O2S/c1-20(2)11-16(12-8-9-14(17)15(18)10-12)19-23(21,22)13-6-4-3-5-7-13/h8-10,13,16,19H,3-7,11H2,1-2H3/t16-/m1/s1. The van der Waals surface area contributed by atoms with Crippen LogP contribution in [0.15, 0.2) is 18.2 Å². The summed E-state index contributed by atoms with van der Waals surface area (Å²) in [7, 11) is 0.480. The maximum absolute atomic E-state index is 12.7. The first-order chi connectivity index (χ1) is 10.8. The fourth-order valence-corrected chi connectivity index (χ4v) is 5.04. The highest BCUT2D eigenvalue weighted by Gasteiger charge is 2.30. The molecule has 1 aliphatic rings. The first kappa shape index (κ1) is 19.0. The topological polar surface area (TPSA) is 49.4 Å². The molecule has 23 heavy (non-hydrogen) atoms. The smallest absolute Gasteiger partial charge is 0.215 e. The molecule has 0 bridgehead atoms. The minimum Gasteiger partial charge on any atom is -0.307 e. The van der Waals surface area contributed by atoms with Crippen LogP contribution in [-0.2, 0) is 10.0 Å². The Hall–Kier alpha value is -0.330. The minimum atomic E-state index is -3.35. The highest BCUT2D eigenvalue weighted by molar-refractivity contribution is 7.90. The molecule has 1 aromatic rings. The Bertz CT molecular complexity index is 629. The van der Waals surface area contributed by atoms with Crippen LogP contribution in [0.5, 0.6) is 0 Å². The molecule has 0 unspecified atom stereocenters. The summed E-state index contributed by atoms with van der Waals surface area (Å²) < 4.78 is 28.3. The molecule has 0 aliphatic heterocycles. The van der Waals surface area contributed by atoms with E-state index in [1.165, 1.54) is 0 Å². The Morgan fingerprint density at radius 3 is 2.39 bits per heavy atom. The van der Waals surface area contributed by atoms with Crippen molar-refractivity contribution >= 4 is 33.2 Å². The number of hydrogen-bond donors (Lipinski definition) is 1. The zero-order valence-electron chi connectivity index (χ0n) is 13.6. The van der Waals surface area contributed by atoms with Crippen molar-refractivity contribution in [2.45, 2.75) is 43.4 Å². The molecule has 1 fully saturated rings. The molecule has 0 spiro atoms. The summed E-state index contributed by atoms with van der Waals surface area (Å²) in [4.78, 5) is 1.95. The van der Waals surface area contributed by atoms with Crippen LogP contribution in [0.25, 0.3) is 0 Å². The van der Waals surface area contributed by atoms with Crippen LogP contribution in [0, 0.1) is 0 Å². The predicted molar refractivity (Wildman–Crippen MR) is 96.7 cm³/mol. The average Bonchev–Trinajstić information content (AvgIpc) is 2.49. The first-order valence-corrected chi connectivity index (χ1v) is 10.2.